The predicted molar refractivity (Wildman–Crippen MR) is 66.7 cm³/mol. The van der Waals surface area contributed by atoms with Crippen LogP contribution >= 0.6 is 22.9 Å². The molecule has 1 aliphatic rings. The van der Waals surface area contributed by atoms with Gasteiger partial charge in [0.1, 0.15) is 6.10 Å². The number of hydrogen-bond donors (Lipinski definition) is 2. The topological polar surface area (TPSA) is 75.6 Å². The highest BCUT2D eigenvalue weighted by Crippen LogP contribution is 2.22. The molecular weight excluding hydrogens is 278 g/mol. The molecule has 1 fully saturated rings. The van der Waals surface area contributed by atoms with E-state index in [1.54, 1.807) is 6.07 Å². The van der Waals surface area contributed by atoms with Gasteiger partial charge in [0, 0.05) is 4.88 Å². The quantitative estimate of drug-likeness (QED) is 0.884. The van der Waals surface area contributed by atoms with Gasteiger partial charge in [0.2, 0.25) is 5.91 Å². The summed E-state index contributed by atoms with van der Waals surface area (Å²) >= 11 is 7.17. The molecule has 2 unspecified atom stereocenters. The number of nitrogens with one attached hydrogen (secondary N) is 1. The van der Waals surface area contributed by atoms with Crippen LogP contribution in [-0.4, -0.2) is 29.2 Å². The van der Waals surface area contributed by atoms with E-state index in [2.05, 4.69) is 5.32 Å². The molecule has 1 saturated heterocycles. The average molecular weight is 290 g/mol. The highest BCUT2D eigenvalue weighted by molar-refractivity contribution is 7.16. The van der Waals surface area contributed by atoms with Gasteiger partial charge in [-0.25, -0.2) is 4.79 Å². The summed E-state index contributed by atoms with van der Waals surface area (Å²) in [7, 11) is 0. The lowest BCUT2D eigenvalue weighted by Gasteiger charge is -2.11. The summed E-state index contributed by atoms with van der Waals surface area (Å²) in [5.41, 5.74) is 0. The number of aliphatic carboxylic acids is 1. The van der Waals surface area contributed by atoms with E-state index >= 15 is 0 Å². The van der Waals surface area contributed by atoms with Gasteiger partial charge in [0.15, 0.2) is 6.10 Å². The van der Waals surface area contributed by atoms with Crippen LogP contribution in [-0.2, 0) is 20.9 Å². The minimum atomic E-state index is -1.02. The number of halogens is 1. The number of ether oxygens (including phenoxy) is 1. The van der Waals surface area contributed by atoms with Crippen LogP contribution in [0.15, 0.2) is 12.1 Å². The molecule has 5 nitrogen and oxygen atoms in total. The third-order valence-corrected chi connectivity index (χ3v) is 3.88. The van der Waals surface area contributed by atoms with Crippen molar-refractivity contribution in [3.63, 3.8) is 0 Å². The van der Waals surface area contributed by atoms with Gasteiger partial charge in [0.05, 0.1) is 10.9 Å². The van der Waals surface area contributed by atoms with Crippen LogP contribution in [0.3, 0.4) is 0 Å². The number of carbonyl (C=O) groups excluding carboxylic acids is 1. The van der Waals surface area contributed by atoms with Crippen molar-refractivity contribution in [2.24, 2.45) is 0 Å². The maximum absolute atomic E-state index is 11.7. The molecule has 0 aromatic carbocycles. The Morgan fingerprint density at radius 1 is 1.44 bits per heavy atom. The summed E-state index contributed by atoms with van der Waals surface area (Å²) in [6, 6.07) is 3.60. The summed E-state index contributed by atoms with van der Waals surface area (Å²) in [5.74, 6) is -1.29. The first-order chi connectivity index (χ1) is 8.56. The molecule has 1 aromatic rings. The van der Waals surface area contributed by atoms with E-state index in [0.29, 0.717) is 23.7 Å². The second-order valence-corrected chi connectivity index (χ2v) is 5.75. The van der Waals surface area contributed by atoms with Gasteiger partial charge in [-0.2, -0.15) is 0 Å². The van der Waals surface area contributed by atoms with Crippen molar-refractivity contribution in [2.75, 3.05) is 0 Å². The van der Waals surface area contributed by atoms with Gasteiger partial charge in [0.25, 0.3) is 0 Å². The summed E-state index contributed by atoms with van der Waals surface area (Å²) in [5, 5.41) is 11.5. The Labute approximate surface area is 113 Å². The van der Waals surface area contributed by atoms with Crippen molar-refractivity contribution in [2.45, 2.75) is 31.6 Å². The second kappa shape index (κ2) is 5.69. The summed E-state index contributed by atoms with van der Waals surface area (Å²) in [6.45, 7) is 0.383. The number of amides is 1. The first-order valence-corrected chi connectivity index (χ1v) is 6.66. The van der Waals surface area contributed by atoms with E-state index in [-0.39, 0.29) is 5.91 Å². The van der Waals surface area contributed by atoms with Crippen LogP contribution in [0, 0.1) is 0 Å². The molecule has 7 heteroatoms. The smallest absolute Gasteiger partial charge is 0.332 e. The lowest BCUT2D eigenvalue weighted by Crippen LogP contribution is -2.35. The Kier molecular flexibility index (Phi) is 4.21. The monoisotopic (exact) mass is 289 g/mol. The molecule has 0 saturated carbocycles. The van der Waals surface area contributed by atoms with Crippen LogP contribution in [0.2, 0.25) is 4.34 Å². The maximum Gasteiger partial charge on any atom is 0.332 e. The van der Waals surface area contributed by atoms with E-state index in [1.165, 1.54) is 11.3 Å². The molecule has 0 spiro atoms. The van der Waals surface area contributed by atoms with Crippen LogP contribution in [0.25, 0.3) is 0 Å². The number of rotatable bonds is 4. The normalized spacial score (nSPS) is 22.9. The Morgan fingerprint density at radius 2 is 2.17 bits per heavy atom. The molecule has 98 valence electrons. The Bertz CT molecular complexity index is 462. The summed E-state index contributed by atoms with van der Waals surface area (Å²) < 4.78 is 5.81. The molecule has 2 N–H and O–H groups in total. The fraction of sp³-hybridized carbons (Fsp3) is 0.455. The van der Waals surface area contributed by atoms with Gasteiger partial charge in [-0.1, -0.05) is 11.6 Å². The van der Waals surface area contributed by atoms with E-state index in [0.717, 1.165) is 4.88 Å². The number of carbonyl (C=O) groups is 2. The van der Waals surface area contributed by atoms with Crippen molar-refractivity contribution in [1.29, 1.82) is 0 Å². The van der Waals surface area contributed by atoms with E-state index in [4.69, 9.17) is 21.4 Å². The van der Waals surface area contributed by atoms with Gasteiger partial charge in [-0.3, -0.25) is 4.79 Å². The Morgan fingerprint density at radius 3 is 2.72 bits per heavy atom. The zero-order chi connectivity index (χ0) is 13.1. The largest absolute Gasteiger partial charge is 0.479 e. The molecule has 1 amide bonds. The van der Waals surface area contributed by atoms with Crippen molar-refractivity contribution in [3.8, 4) is 0 Å². The van der Waals surface area contributed by atoms with Gasteiger partial charge in [-0.15, -0.1) is 11.3 Å². The van der Waals surface area contributed by atoms with Gasteiger partial charge in [-0.05, 0) is 25.0 Å². The van der Waals surface area contributed by atoms with Gasteiger partial charge >= 0.3 is 5.97 Å². The minimum absolute atomic E-state index is 0.275. The minimum Gasteiger partial charge on any atom is -0.479 e. The number of carboxylic acids is 1. The van der Waals surface area contributed by atoms with Crippen molar-refractivity contribution in [3.05, 3.63) is 21.3 Å². The first-order valence-electron chi connectivity index (χ1n) is 5.46. The standard InChI is InChI=1S/C11H12ClNO4S/c12-9-4-1-6(18-9)5-13-10(14)7-2-3-8(17-7)11(15)16/h1,4,7-8H,2-3,5H2,(H,13,14)(H,15,16). The first kappa shape index (κ1) is 13.3. The van der Waals surface area contributed by atoms with Crippen molar-refractivity contribution in [1.82, 2.24) is 5.32 Å². The molecule has 0 aliphatic carbocycles. The number of hydrogen-bond acceptors (Lipinski definition) is 4. The summed E-state index contributed by atoms with van der Waals surface area (Å²) in [4.78, 5) is 23.4. The molecule has 0 radical (unpaired) electrons. The van der Waals surface area contributed by atoms with Crippen LogP contribution in [0.4, 0.5) is 0 Å². The molecule has 2 rings (SSSR count). The number of thiophene rings is 1. The fourth-order valence-corrected chi connectivity index (χ4v) is 2.77. The van der Waals surface area contributed by atoms with E-state index < -0.39 is 18.2 Å². The van der Waals surface area contributed by atoms with E-state index in [9.17, 15) is 9.59 Å². The Hall–Kier alpha value is -1.11. The molecule has 18 heavy (non-hydrogen) atoms. The molecular formula is C11H12ClNO4S. The average Bonchev–Trinajstić information content (AvgIpc) is 2.94. The second-order valence-electron chi connectivity index (χ2n) is 3.95. The van der Waals surface area contributed by atoms with Crippen LogP contribution in [0.5, 0.6) is 0 Å². The highest BCUT2D eigenvalue weighted by Gasteiger charge is 2.34. The zero-order valence-electron chi connectivity index (χ0n) is 9.39. The molecule has 1 aliphatic heterocycles. The summed E-state index contributed by atoms with van der Waals surface area (Å²) in [6.07, 6.45) is -0.717. The molecule has 2 atom stereocenters. The lowest BCUT2D eigenvalue weighted by atomic mass is 10.2. The molecule has 0 bridgehead atoms. The van der Waals surface area contributed by atoms with Gasteiger partial charge < -0.3 is 15.2 Å². The van der Waals surface area contributed by atoms with Crippen molar-refractivity contribution >= 4 is 34.8 Å². The zero-order valence-corrected chi connectivity index (χ0v) is 11.0. The molecule has 1 aromatic heterocycles. The fourth-order valence-electron chi connectivity index (χ4n) is 1.75. The highest BCUT2D eigenvalue weighted by atomic mass is 35.5. The third-order valence-electron chi connectivity index (χ3n) is 2.65. The lowest BCUT2D eigenvalue weighted by molar-refractivity contribution is -0.151. The van der Waals surface area contributed by atoms with Crippen molar-refractivity contribution < 1.29 is 19.4 Å². The predicted octanol–water partition coefficient (Wildman–Crippen LogP) is 1.65. The van der Waals surface area contributed by atoms with Crippen LogP contribution < -0.4 is 5.32 Å². The van der Waals surface area contributed by atoms with Crippen LogP contribution in [0.1, 0.15) is 17.7 Å². The Balaban J connectivity index is 1.80. The maximum atomic E-state index is 11.7. The third kappa shape index (κ3) is 3.22. The molecule has 2 heterocycles. The number of carboxylic acid groups (broad SMARTS) is 1. The van der Waals surface area contributed by atoms with E-state index in [1.807, 2.05) is 6.07 Å². The SMILES string of the molecule is O=C(O)C1CCC(C(=O)NCc2ccc(Cl)s2)O1.